The summed E-state index contributed by atoms with van der Waals surface area (Å²) in [4.78, 5) is 0.190. The Balaban J connectivity index is 1.73. The van der Waals surface area contributed by atoms with E-state index in [0.29, 0.717) is 22.1 Å². The van der Waals surface area contributed by atoms with Crippen molar-refractivity contribution in [3.63, 3.8) is 0 Å². The molecule has 5 rings (SSSR count). The normalized spacial score (nSPS) is 18.1. The molecule has 5 nitrogen and oxygen atoms in total. The molecule has 1 aliphatic heterocycles. The van der Waals surface area contributed by atoms with Gasteiger partial charge in [0.05, 0.1) is 18.0 Å². The van der Waals surface area contributed by atoms with Gasteiger partial charge in [-0.3, -0.25) is 0 Å². The number of halogens is 1. The lowest BCUT2D eigenvalue weighted by Crippen LogP contribution is -2.41. The van der Waals surface area contributed by atoms with Crippen molar-refractivity contribution in [2.45, 2.75) is 24.1 Å². The lowest BCUT2D eigenvalue weighted by atomic mass is 10.0. The molecule has 4 aromatic rings. The number of methoxy groups -OCH3 is 1. The van der Waals surface area contributed by atoms with Gasteiger partial charge in [-0.15, -0.1) is 4.31 Å². The molecule has 37 heavy (non-hydrogen) atoms. The summed E-state index contributed by atoms with van der Waals surface area (Å²) in [7, 11) is -2.41. The second kappa shape index (κ2) is 10.4. The molecule has 0 spiro atoms. The van der Waals surface area contributed by atoms with Gasteiger partial charge in [0.1, 0.15) is 11.5 Å². The second-order valence-corrected chi connectivity index (χ2v) is 11.1. The molecule has 0 unspecified atom stereocenters. The highest BCUT2D eigenvalue weighted by Gasteiger charge is 2.43. The van der Waals surface area contributed by atoms with Gasteiger partial charge in [-0.2, -0.15) is 0 Å². The number of benzene rings is 4. The van der Waals surface area contributed by atoms with E-state index >= 15 is 0 Å². The van der Waals surface area contributed by atoms with E-state index in [1.54, 1.807) is 55.6 Å². The SMILES string of the molecule is COc1ccc([C@@H]2OC(c3ccccc3)=C[C@@H](c3ccc(Cl)cc3)N2S(=O)(=O)c2ccc(C)cc2)cc1. The molecule has 4 aromatic carbocycles. The number of aryl methyl sites for hydroxylation is 1. The minimum absolute atomic E-state index is 0.190. The van der Waals surface area contributed by atoms with Crippen LogP contribution in [-0.4, -0.2) is 19.8 Å². The van der Waals surface area contributed by atoms with Crippen LogP contribution in [-0.2, 0) is 14.8 Å². The molecule has 2 atom stereocenters. The minimum atomic E-state index is -4.01. The largest absolute Gasteiger partial charge is 0.497 e. The van der Waals surface area contributed by atoms with Crippen LogP contribution in [0.25, 0.3) is 5.76 Å². The Morgan fingerprint density at radius 1 is 0.811 bits per heavy atom. The first-order valence-corrected chi connectivity index (χ1v) is 13.6. The number of hydrogen-bond acceptors (Lipinski definition) is 4. The van der Waals surface area contributed by atoms with Crippen LogP contribution in [0.1, 0.15) is 34.5 Å². The maximum absolute atomic E-state index is 14.3. The summed E-state index contributed by atoms with van der Waals surface area (Å²) >= 11 is 6.18. The molecule has 0 amide bonds. The van der Waals surface area contributed by atoms with Crippen molar-refractivity contribution in [2.75, 3.05) is 7.11 Å². The molecule has 0 aliphatic carbocycles. The number of sulfonamides is 1. The average Bonchev–Trinajstić information content (AvgIpc) is 2.93. The Morgan fingerprint density at radius 2 is 1.43 bits per heavy atom. The summed E-state index contributed by atoms with van der Waals surface area (Å²) in [6.45, 7) is 1.92. The van der Waals surface area contributed by atoms with Gasteiger partial charge in [0, 0.05) is 16.1 Å². The second-order valence-electron chi connectivity index (χ2n) is 8.78. The van der Waals surface area contributed by atoms with Gasteiger partial charge < -0.3 is 9.47 Å². The molecular formula is C30H26ClNO4S. The third-order valence-electron chi connectivity index (χ3n) is 6.32. The Bertz CT molecular complexity index is 1500. The van der Waals surface area contributed by atoms with Crippen molar-refractivity contribution < 1.29 is 17.9 Å². The number of nitrogens with zero attached hydrogens (tertiary/aromatic N) is 1. The molecule has 1 aliphatic rings. The van der Waals surface area contributed by atoms with Crippen LogP contribution >= 0.6 is 11.6 Å². The predicted octanol–water partition coefficient (Wildman–Crippen LogP) is 7.16. The van der Waals surface area contributed by atoms with Gasteiger partial charge >= 0.3 is 0 Å². The van der Waals surface area contributed by atoms with Crippen LogP contribution in [0.3, 0.4) is 0 Å². The first kappa shape index (κ1) is 25.1. The zero-order chi connectivity index (χ0) is 26.0. The summed E-state index contributed by atoms with van der Waals surface area (Å²) < 4.78 is 41.8. The molecular weight excluding hydrogens is 506 g/mol. The van der Waals surface area contributed by atoms with Crippen LogP contribution in [0.4, 0.5) is 0 Å². The van der Waals surface area contributed by atoms with Crippen LogP contribution in [0, 0.1) is 6.92 Å². The number of rotatable bonds is 6. The van der Waals surface area contributed by atoms with E-state index in [9.17, 15) is 8.42 Å². The highest BCUT2D eigenvalue weighted by molar-refractivity contribution is 7.89. The van der Waals surface area contributed by atoms with E-state index in [1.807, 2.05) is 67.6 Å². The fraction of sp³-hybridized carbons (Fsp3) is 0.133. The smallest absolute Gasteiger partial charge is 0.247 e. The molecule has 1 heterocycles. The quantitative estimate of drug-likeness (QED) is 0.265. The van der Waals surface area contributed by atoms with E-state index in [0.717, 1.165) is 16.7 Å². The summed E-state index contributed by atoms with van der Waals surface area (Å²) in [6.07, 6.45) is 0.919. The first-order valence-electron chi connectivity index (χ1n) is 11.8. The van der Waals surface area contributed by atoms with E-state index in [4.69, 9.17) is 21.1 Å². The molecule has 0 fully saturated rings. The zero-order valence-corrected chi connectivity index (χ0v) is 22.0. The monoisotopic (exact) mass is 531 g/mol. The Morgan fingerprint density at radius 3 is 2.05 bits per heavy atom. The lowest BCUT2D eigenvalue weighted by molar-refractivity contribution is 0.0295. The Hall–Kier alpha value is -3.58. The molecule has 0 aromatic heterocycles. The molecule has 0 saturated carbocycles. The van der Waals surface area contributed by atoms with Gasteiger partial charge in [0.15, 0.2) is 6.23 Å². The maximum atomic E-state index is 14.3. The summed E-state index contributed by atoms with van der Waals surface area (Å²) in [5, 5.41) is 0.572. The van der Waals surface area contributed by atoms with E-state index in [2.05, 4.69) is 0 Å². The number of hydrogen-bond donors (Lipinski definition) is 0. The Labute approximate surface area is 222 Å². The number of ether oxygens (including phenoxy) is 2. The van der Waals surface area contributed by atoms with Crippen molar-refractivity contribution in [3.8, 4) is 5.75 Å². The van der Waals surface area contributed by atoms with E-state index < -0.39 is 22.3 Å². The molecule has 0 radical (unpaired) electrons. The fourth-order valence-corrected chi connectivity index (χ4v) is 6.08. The molecule has 0 bridgehead atoms. The highest BCUT2D eigenvalue weighted by Crippen LogP contribution is 2.45. The van der Waals surface area contributed by atoms with Gasteiger partial charge in [-0.05, 0) is 55.0 Å². The standard InChI is InChI=1S/C30H26ClNO4S/c1-21-8-18-27(19-9-21)37(33,34)32-28(22-10-14-25(31)15-11-22)20-29(23-6-4-3-5-7-23)36-30(32)24-12-16-26(35-2)17-13-24/h3-20,28,30H,1-2H3/t28-,30-/m0/s1. The highest BCUT2D eigenvalue weighted by atomic mass is 35.5. The summed E-state index contributed by atoms with van der Waals surface area (Å²) in [5.41, 5.74) is 3.28. The van der Waals surface area contributed by atoms with Crippen LogP contribution in [0.2, 0.25) is 5.02 Å². The molecule has 0 N–H and O–H groups in total. The van der Waals surface area contributed by atoms with Crippen molar-refractivity contribution in [3.05, 3.63) is 136 Å². The minimum Gasteiger partial charge on any atom is -0.497 e. The Kier molecular flexibility index (Phi) is 7.07. The third-order valence-corrected chi connectivity index (χ3v) is 8.41. The van der Waals surface area contributed by atoms with Crippen LogP contribution in [0.15, 0.2) is 114 Å². The van der Waals surface area contributed by atoms with E-state index in [-0.39, 0.29) is 4.90 Å². The van der Waals surface area contributed by atoms with Gasteiger partial charge in [0.2, 0.25) is 10.0 Å². The maximum Gasteiger partial charge on any atom is 0.247 e. The third kappa shape index (κ3) is 5.14. The molecule has 7 heteroatoms. The van der Waals surface area contributed by atoms with E-state index in [1.165, 1.54) is 4.31 Å². The van der Waals surface area contributed by atoms with Crippen LogP contribution < -0.4 is 4.74 Å². The average molecular weight is 532 g/mol. The van der Waals surface area contributed by atoms with Crippen molar-refractivity contribution in [2.24, 2.45) is 0 Å². The summed E-state index contributed by atoms with van der Waals surface area (Å²) in [5.74, 6) is 1.26. The van der Waals surface area contributed by atoms with Gasteiger partial charge in [0.25, 0.3) is 0 Å². The fourth-order valence-electron chi connectivity index (χ4n) is 4.34. The van der Waals surface area contributed by atoms with Crippen LogP contribution in [0.5, 0.6) is 5.75 Å². The van der Waals surface area contributed by atoms with Gasteiger partial charge in [-0.1, -0.05) is 83.9 Å². The predicted molar refractivity (Wildman–Crippen MR) is 146 cm³/mol. The van der Waals surface area contributed by atoms with Crippen molar-refractivity contribution >= 4 is 27.4 Å². The molecule has 188 valence electrons. The first-order chi connectivity index (χ1) is 17.9. The van der Waals surface area contributed by atoms with Crippen molar-refractivity contribution in [1.82, 2.24) is 4.31 Å². The van der Waals surface area contributed by atoms with Crippen molar-refractivity contribution in [1.29, 1.82) is 0 Å². The zero-order valence-electron chi connectivity index (χ0n) is 20.4. The summed E-state index contributed by atoms with van der Waals surface area (Å²) in [6, 6.07) is 30.3. The van der Waals surface area contributed by atoms with Gasteiger partial charge in [-0.25, -0.2) is 8.42 Å². The lowest BCUT2D eigenvalue weighted by Gasteiger charge is -2.40. The molecule has 0 saturated heterocycles. The topological polar surface area (TPSA) is 55.8 Å².